The van der Waals surface area contributed by atoms with Crippen LogP contribution in [0.4, 0.5) is 5.69 Å². The van der Waals surface area contributed by atoms with Crippen LogP contribution in [0.1, 0.15) is 5.56 Å². The van der Waals surface area contributed by atoms with Gasteiger partial charge in [-0.3, -0.25) is 0 Å². The monoisotopic (exact) mass is 345 g/mol. The predicted octanol–water partition coefficient (Wildman–Crippen LogP) is 6.12. The lowest BCUT2D eigenvalue weighted by Gasteiger charge is -2.03. The summed E-state index contributed by atoms with van der Waals surface area (Å²) in [5.41, 5.74) is 2.97. The Bertz CT molecular complexity index is 857. The third kappa shape index (κ3) is 5.10. The lowest BCUT2D eigenvalue weighted by atomic mass is 10.1. The molecule has 0 atom stereocenters. The van der Waals surface area contributed by atoms with E-state index < -0.39 is 0 Å². The number of hydrogen-bond donors (Lipinski definition) is 0. The minimum Gasteiger partial charge on any atom is -0.497 e. The average molecular weight is 345 g/mol. The molecule has 124 valence electrons. The molecule has 0 saturated heterocycles. The molecule has 3 aromatic carbocycles. The number of methoxy groups -OCH3 is 1. The molecule has 3 heteroatoms. The molecule has 0 spiro atoms. The number of nitrogens with zero attached hydrogens (tertiary/aromatic N) is 1. The minimum atomic E-state index is 0.861. The Morgan fingerprint density at radius 3 is 2.32 bits per heavy atom. The van der Waals surface area contributed by atoms with Crippen molar-refractivity contribution in [1.82, 2.24) is 0 Å². The summed E-state index contributed by atoms with van der Waals surface area (Å²) in [7, 11) is 1.68. The molecule has 0 aliphatic heterocycles. The van der Waals surface area contributed by atoms with Gasteiger partial charge in [-0.2, -0.15) is 0 Å². The molecule has 25 heavy (non-hydrogen) atoms. The highest BCUT2D eigenvalue weighted by Gasteiger charge is 2.00. The first-order chi connectivity index (χ1) is 12.3. The van der Waals surface area contributed by atoms with Crippen molar-refractivity contribution in [2.24, 2.45) is 4.99 Å². The van der Waals surface area contributed by atoms with Gasteiger partial charge in [0.25, 0.3) is 0 Å². The van der Waals surface area contributed by atoms with Gasteiger partial charge < -0.3 is 4.74 Å². The van der Waals surface area contributed by atoms with E-state index in [2.05, 4.69) is 23.6 Å². The number of thioether (sulfide) groups is 1. The zero-order valence-electron chi connectivity index (χ0n) is 14.0. The van der Waals surface area contributed by atoms with Crippen molar-refractivity contribution in [2.75, 3.05) is 7.11 Å². The van der Waals surface area contributed by atoms with Gasteiger partial charge in [-0.1, -0.05) is 66.4 Å². The molecular weight excluding hydrogens is 326 g/mol. The van der Waals surface area contributed by atoms with E-state index in [-0.39, 0.29) is 0 Å². The maximum Gasteiger partial charge on any atom is 0.119 e. The van der Waals surface area contributed by atoms with Crippen LogP contribution in [-0.4, -0.2) is 12.8 Å². The maximum atomic E-state index is 5.27. The average Bonchev–Trinajstić information content (AvgIpc) is 2.69. The second kappa shape index (κ2) is 8.90. The van der Waals surface area contributed by atoms with Crippen LogP contribution in [0.3, 0.4) is 0 Å². The molecule has 3 aromatic rings. The van der Waals surface area contributed by atoms with Gasteiger partial charge in [0.05, 0.1) is 18.5 Å². The summed E-state index contributed by atoms with van der Waals surface area (Å²) >= 11 is 1.64. The van der Waals surface area contributed by atoms with Crippen molar-refractivity contribution in [3.8, 4) is 5.75 Å². The van der Waals surface area contributed by atoms with E-state index in [0.717, 1.165) is 27.6 Å². The largest absolute Gasteiger partial charge is 0.497 e. The summed E-state index contributed by atoms with van der Waals surface area (Å²) in [4.78, 5) is 5.91. The number of aliphatic imine (C=N–C) groups is 1. The standard InChI is InChI=1S/C22H19NOS/c1-24-20-13-8-14-21(17-20)25-16-15-22(18-9-4-2-5-10-18)23-19-11-6-3-7-12-19/h2-17H,1H3. The van der Waals surface area contributed by atoms with Crippen LogP contribution in [0.15, 0.2) is 106 Å². The van der Waals surface area contributed by atoms with E-state index in [9.17, 15) is 0 Å². The highest BCUT2D eigenvalue weighted by molar-refractivity contribution is 8.02. The van der Waals surface area contributed by atoms with E-state index in [1.165, 1.54) is 0 Å². The fourth-order valence-corrected chi connectivity index (χ4v) is 3.00. The summed E-state index contributed by atoms with van der Waals surface area (Å²) in [5, 5.41) is 2.06. The summed E-state index contributed by atoms with van der Waals surface area (Å²) in [6, 6.07) is 28.2. The normalized spacial score (nSPS) is 11.6. The Kier molecular flexibility index (Phi) is 6.07. The Labute approximate surface area is 152 Å². The molecule has 0 aromatic heterocycles. The van der Waals surface area contributed by atoms with Crippen LogP contribution in [0, 0.1) is 0 Å². The van der Waals surface area contributed by atoms with Gasteiger partial charge in [0.15, 0.2) is 0 Å². The summed E-state index contributed by atoms with van der Waals surface area (Å²) in [6.07, 6.45) is 2.05. The van der Waals surface area contributed by atoms with Crippen LogP contribution in [-0.2, 0) is 0 Å². The van der Waals surface area contributed by atoms with Gasteiger partial charge in [0.2, 0.25) is 0 Å². The van der Waals surface area contributed by atoms with Crippen molar-refractivity contribution in [3.05, 3.63) is 102 Å². The molecule has 3 rings (SSSR count). The minimum absolute atomic E-state index is 0.861. The smallest absolute Gasteiger partial charge is 0.119 e. The maximum absolute atomic E-state index is 5.27. The van der Waals surface area contributed by atoms with E-state index in [1.807, 2.05) is 72.8 Å². The Hall–Kier alpha value is -2.78. The quantitative estimate of drug-likeness (QED) is 0.396. The van der Waals surface area contributed by atoms with Crippen LogP contribution < -0.4 is 4.74 Å². The zero-order valence-corrected chi connectivity index (χ0v) is 14.8. The number of benzene rings is 3. The van der Waals surface area contributed by atoms with Gasteiger partial charge in [0.1, 0.15) is 5.75 Å². The van der Waals surface area contributed by atoms with Crippen LogP contribution >= 0.6 is 11.8 Å². The first-order valence-electron chi connectivity index (χ1n) is 8.01. The first kappa shape index (κ1) is 17.1. The van der Waals surface area contributed by atoms with Gasteiger partial charge >= 0.3 is 0 Å². The molecule has 0 saturated carbocycles. The Morgan fingerprint density at radius 1 is 0.880 bits per heavy atom. The van der Waals surface area contributed by atoms with Gasteiger partial charge in [-0.25, -0.2) is 4.99 Å². The van der Waals surface area contributed by atoms with E-state index in [0.29, 0.717) is 0 Å². The highest BCUT2D eigenvalue weighted by Crippen LogP contribution is 2.24. The van der Waals surface area contributed by atoms with Crippen molar-refractivity contribution >= 4 is 23.2 Å². The van der Waals surface area contributed by atoms with Gasteiger partial charge in [-0.15, -0.1) is 0 Å². The number of rotatable bonds is 6. The third-order valence-electron chi connectivity index (χ3n) is 3.55. The fraction of sp³-hybridized carbons (Fsp3) is 0.0455. The van der Waals surface area contributed by atoms with Gasteiger partial charge in [0, 0.05) is 10.5 Å². The van der Waals surface area contributed by atoms with Crippen molar-refractivity contribution < 1.29 is 4.74 Å². The molecule has 0 radical (unpaired) electrons. The second-order valence-corrected chi connectivity index (χ2v) is 6.28. The first-order valence-corrected chi connectivity index (χ1v) is 8.89. The Balaban J connectivity index is 1.83. The molecule has 0 aliphatic rings. The lowest BCUT2D eigenvalue weighted by molar-refractivity contribution is 0.413. The van der Waals surface area contributed by atoms with Crippen LogP contribution in [0.5, 0.6) is 5.75 Å². The number of allylic oxidation sites excluding steroid dienone is 1. The molecule has 0 unspecified atom stereocenters. The second-order valence-electron chi connectivity index (χ2n) is 5.30. The fourth-order valence-electron chi connectivity index (χ4n) is 2.30. The third-order valence-corrected chi connectivity index (χ3v) is 4.34. The topological polar surface area (TPSA) is 21.6 Å². The highest BCUT2D eigenvalue weighted by atomic mass is 32.2. The van der Waals surface area contributed by atoms with Crippen LogP contribution in [0.2, 0.25) is 0 Å². The molecular formula is C22H19NOS. The summed E-state index contributed by atoms with van der Waals surface area (Å²) in [6.45, 7) is 0. The zero-order chi connectivity index (χ0) is 17.3. The SMILES string of the molecule is COc1cccc(SC=CC(=Nc2ccccc2)c2ccccc2)c1. The van der Waals surface area contributed by atoms with Crippen molar-refractivity contribution in [2.45, 2.75) is 4.90 Å². The molecule has 0 aliphatic carbocycles. The molecule has 0 fully saturated rings. The van der Waals surface area contributed by atoms with E-state index >= 15 is 0 Å². The molecule has 0 heterocycles. The molecule has 0 N–H and O–H groups in total. The molecule has 0 amide bonds. The van der Waals surface area contributed by atoms with Crippen molar-refractivity contribution in [3.63, 3.8) is 0 Å². The van der Waals surface area contributed by atoms with E-state index in [1.54, 1.807) is 18.9 Å². The number of ether oxygens (including phenoxy) is 1. The Morgan fingerprint density at radius 2 is 1.60 bits per heavy atom. The van der Waals surface area contributed by atoms with Crippen LogP contribution in [0.25, 0.3) is 0 Å². The summed E-state index contributed by atoms with van der Waals surface area (Å²) in [5.74, 6) is 0.861. The molecule has 0 bridgehead atoms. The summed E-state index contributed by atoms with van der Waals surface area (Å²) < 4.78 is 5.27. The lowest BCUT2D eigenvalue weighted by Crippen LogP contribution is -1.95. The number of hydrogen-bond acceptors (Lipinski definition) is 3. The molecule has 2 nitrogen and oxygen atoms in total. The predicted molar refractivity (Wildman–Crippen MR) is 107 cm³/mol. The number of para-hydroxylation sites is 1. The van der Waals surface area contributed by atoms with Gasteiger partial charge in [-0.05, 0) is 41.8 Å². The van der Waals surface area contributed by atoms with Crippen molar-refractivity contribution in [1.29, 1.82) is 0 Å². The van der Waals surface area contributed by atoms with E-state index in [4.69, 9.17) is 9.73 Å².